The van der Waals surface area contributed by atoms with Crippen molar-refractivity contribution in [2.45, 2.75) is 13.0 Å². The number of hydrogen-bond donors (Lipinski definition) is 1. The highest BCUT2D eigenvalue weighted by molar-refractivity contribution is 5.85. The summed E-state index contributed by atoms with van der Waals surface area (Å²) in [5.41, 5.74) is 3.14. The summed E-state index contributed by atoms with van der Waals surface area (Å²) in [6.45, 7) is 1.74. The van der Waals surface area contributed by atoms with Crippen LogP contribution >= 0.6 is 0 Å². The maximum Gasteiger partial charge on any atom is 0.151 e. The lowest BCUT2D eigenvalue weighted by molar-refractivity contribution is 0.112. The van der Waals surface area contributed by atoms with Crippen LogP contribution in [0.1, 0.15) is 28.9 Å². The summed E-state index contributed by atoms with van der Waals surface area (Å²) >= 11 is 0. The zero-order valence-corrected chi connectivity index (χ0v) is 11.0. The van der Waals surface area contributed by atoms with E-state index in [2.05, 4.69) is 4.98 Å². The van der Waals surface area contributed by atoms with E-state index in [-0.39, 0.29) is 0 Å². The number of nitrogens with zero attached hydrogens (tertiary/aromatic N) is 2. The Hall–Kier alpha value is -2.46. The Bertz CT molecular complexity index is 775. The Morgan fingerprint density at radius 3 is 2.90 bits per heavy atom. The van der Waals surface area contributed by atoms with Crippen LogP contribution in [-0.2, 0) is 0 Å². The topological polar surface area (TPSA) is 55.1 Å². The van der Waals surface area contributed by atoms with E-state index < -0.39 is 6.10 Å². The van der Waals surface area contributed by atoms with Crippen LogP contribution in [0.15, 0.2) is 48.8 Å². The first-order valence-electron chi connectivity index (χ1n) is 6.40. The first kappa shape index (κ1) is 12.6. The van der Waals surface area contributed by atoms with Gasteiger partial charge in [0, 0.05) is 29.0 Å². The second kappa shape index (κ2) is 4.90. The normalized spacial score (nSPS) is 12.5. The Labute approximate surface area is 116 Å². The van der Waals surface area contributed by atoms with Crippen LogP contribution in [0.5, 0.6) is 0 Å². The van der Waals surface area contributed by atoms with Crippen molar-refractivity contribution >= 4 is 17.3 Å². The summed E-state index contributed by atoms with van der Waals surface area (Å²) < 4.78 is 1.94. The fourth-order valence-electron chi connectivity index (χ4n) is 2.25. The first-order chi connectivity index (χ1) is 9.69. The minimum absolute atomic E-state index is 0.508. The molecule has 100 valence electrons. The summed E-state index contributed by atoms with van der Waals surface area (Å²) in [6.07, 6.45) is 3.75. The molecule has 3 rings (SSSR count). The molecule has 0 aliphatic carbocycles. The van der Waals surface area contributed by atoms with Crippen molar-refractivity contribution in [2.24, 2.45) is 0 Å². The van der Waals surface area contributed by atoms with Gasteiger partial charge in [0.2, 0.25) is 0 Å². The van der Waals surface area contributed by atoms with E-state index in [1.54, 1.807) is 13.1 Å². The molecule has 0 radical (unpaired) electrons. The fourth-order valence-corrected chi connectivity index (χ4v) is 2.25. The smallest absolute Gasteiger partial charge is 0.151 e. The van der Waals surface area contributed by atoms with Crippen molar-refractivity contribution < 1.29 is 9.90 Å². The number of benzene rings is 1. The molecule has 0 saturated heterocycles. The van der Waals surface area contributed by atoms with Crippen molar-refractivity contribution in [3.63, 3.8) is 0 Å². The molecule has 0 bridgehead atoms. The summed E-state index contributed by atoms with van der Waals surface area (Å²) in [5.74, 6) is 0. The minimum atomic E-state index is -0.508. The molecular formula is C16H14N2O2. The van der Waals surface area contributed by atoms with Gasteiger partial charge in [-0.15, -0.1) is 0 Å². The van der Waals surface area contributed by atoms with E-state index in [0.717, 1.165) is 28.6 Å². The molecule has 1 aromatic carbocycles. The van der Waals surface area contributed by atoms with Gasteiger partial charge in [-0.25, -0.2) is 4.98 Å². The maximum absolute atomic E-state index is 10.8. The van der Waals surface area contributed by atoms with Crippen molar-refractivity contribution in [3.8, 4) is 5.69 Å². The maximum atomic E-state index is 10.8. The number of pyridine rings is 1. The fraction of sp³-hybridized carbons (Fsp3) is 0.125. The van der Waals surface area contributed by atoms with Crippen LogP contribution in [-0.4, -0.2) is 20.9 Å². The molecule has 0 aliphatic heterocycles. The molecule has 1 N–H and O–H groups in total. The number of aliphatic hydroxyl groups is 1. The van der Waals surface area contributed by atoms with Crippen LogP contribution in [0.4, 0.5) is 0 Å². The average molecular weight is 266 g/mol. The predicted molar refractivity (Wildman–Crippen MR) is 77.1 cm³/mol. The highest BCUT2D eigenvalue weighted by Crippen LogP contribution is 2.22. The van der Waals surface area contributed by atoms with Gasteiger partial charge in [-0.3, -0.25) is 4.79 Å². The second-order valence-electron chi connectivity index (χ2n) is 4.76. The largest absolute Gasteiger partial charge is 0.389 e. The standard InChI is InChI=1S/C16H14N2O2/c1-11(20)13-3-2-4-15(8-13)18-6-5-14-7-12(10-19)9-17-16(14)18/h2-11,20H,1H3. The number of fused-ring (bicyclic) bond motifs is 1. The number of aliphatic hydroxyl groups excluding tert-OH is 1. The molecule has 4 heteroatoms. The first-order valence-corrected chi connectivity index (χ1v) is 6.40. The van der Waals surface area contributed by atoms with Gasteiger partial charge >= 0.3 is 0 Å². The summed E-state index contributed by atoms with van der Waals surface area (Å²) in [7, 11) is 0. The van der Waals surface area contributed by atoms with Crippen LogP contribution < -0.4 is 0 Å². The van der Waals surface area contributed by atoms with Crippen molar-refractivity contribution in [2.75, 3.05) is 0 Å². The molecule has 4 nitrogen and oxygen atoms in total. The van der Waals surface area contributed by atoms with Crippen LogP contribution in [0.2, 0.25) is 0 Å². The third-order valence-electron chi connectivity index (χ3n) is 3.31. The van der Waals surface area contributed by atoms with Crippen LogP contribution in [0.25, 0.3) is 16.7 Å². The number of aldehydes is 1. The number of aromatic nitrogens is 2. The van der Waals surface area contributed by atoms with Gasteiger partial charge in [0.1, 0.15) is 5.65 Å². The highest BCUT2D eigenvalue weighted by Gasteiger charge is 2.07. The van der Waals surface area contributed by atoms with Crippen molar-refractivity contribution in [3.05, 3.63) is 59.9 Å². The van der Waals surface area contributed by atoms with Crippen LogP contribution in [0, 0.1) is 0 Å². The van der Waals surface area contributed by atoms with Crippen molar-refractivity contribution in [1.29, 1.82) is 0 Å². The molecule has 0 saturated carbocycles. The van der Waals surface area contributed by atoms with Gasteiger partial charge in [0.25, 0.3) is 0 Å². The lowest BCUT2D eigenvalue weighted by atomic mass is 10.1. The minimum Gasteiger partial charge on any atom is -0.389 e. The molecule has 0 amide bonds. The number of carbonyl (C=O) groups excluding carboxylic acids is 1. The molecule has 3 aromatic rings. The summed E-state index contributed by atoms with van der Waals surface area (Å²) in [4.78, 5) is 15.1. The predicted octanol–water partition coefficient (Wildman–Crippen LogP) is 2.89. The van der Waals surface area contributed by atoms with Crippen molar-refractivity contribution in [1.82, 2.24) is 9.55 Å². The zero-order valence-electron chi connectivity index (χ0n) is 11.0. The average Bonchev–Trinajstić information content (AvgIpc) is 2.90. The van der Waals surface area contributed by atoms with Gasteiger partial charge < -0.3 is 9.67 Å². The number of carbonyl (C=O) groups is 1. The second-order valence-corrected chi connectivity index (χ2v) is 4.76. The summed E-state index contributed by atoms with van der Waals surface area (Å²) in [5, 5.41) is 10.6. The van der Waals surface area contributed by atoms with E-state index in [1.807, 2.05) is 47.2 Å². The molecule has 1 atom stereocenters. The van der Waals surface area contributed by atoms with E-state index in [0.29, 0.717) is 5.56 Å². The van der Waals surface area contributed by atoms with Gasteiger partial charge in [-0.1, -0.05) is 12.1 Å². The SMILES string of the molecule is CC(O)c1cccc(-n2ccc3cc(C=O)cnc32)c1. The Morgan fingerprint density at radius 2 is 2.15 bits per heavy atom. The number of hydrogen-bond acceptors (Lipinski definition) is 3. The summed E-state index contributed by atoms with van der Waals surface area (Å²) in [6, 6.07) is 11.4. The van der Waals surface area contributed by atoms with E-state index in [1.165, 1.54) is 0 Å². The molecule has 0 spiro atoms. The lowest BCUT2D eigenvalue weighted by Crippen LogP contribution is -1.97. The van der Waals surface area contributed by atoms with Gasteiger partial charge in [-0.05, 0) is 36.8 Å². The molecule has 20 heavy (non-hydrogen) atoms. The number of rotatable bonds is 3. The third-order valence-corrected chi connectivity index (χ3v) is 3.31. The van der Waals surface area contributed by atoms with Gasteiger partial charge in [0.15, 0.2) is 6.29 Å². The molecule has 1 unspecified atom stereocenters. The van der Waals surface area contributed by atoms with E-state index in [4.69, 9.17) is 0 Å². The molecular weight excluding hydrogens is 252 g/mol. The van der Waals surface area contributed by atoms with Gasteiger partial charge in [0.05, 0.1) is 6.10 Å². The zero-order chi connectivity index (χ0) is 14.1. The quantitative estimate of drug-likeness (QED) is 0.742. The monoisotopic (exact) mass is 266 g/mol. The highest BCUT2D eigenvalue weighted by atomic mass is 16.3. The molecule has 0 fully saturated rings. The molecule has 0 aliphatic rings. The van der Waals surface area contributed by atoms with Crippen LogP contribution in [0.3, 0.4) is 0 Å². The van der Waals surface area contributed by atoms with Gasteiger partial charge in [-0.2, -0.15) is 0 Å². The Morgan fingerprint density at radius 1 is 1.30 bits per heavy atom. The van der Waals surface area contributed by atoms with E-state index in [9.17, 15) is 9.90 Å². The van der Waals surface area contributed by atoms with E-state index >= 15 is 0 Å². The Kier molecular flexibility index (Phi) is 3.08. The molecule has 2 aromatic heterocycles. The third kappa shape index (κ3) is 2.10. The molecule has 2 heterocycles. The lowest BCUT2D eigenvalue weighted by Gasteiger charge is -2.09. The Balaban J connectivity index is 2.15.